The lowest BCUT2D eigenvalue weighted by Crippen LogP contribution is -2.20. The lowest BCUT2D eigenvalue weighted by Gasteiger charge is -2.07. The summed E-state index contributed by atoms with van der Waals surface area (Å²) in [7, 11) is 0. The van der Waals surface area contributed by atoms with Gasteiger partial charge in [-0.05, 0) is 32.0 Å². The Morgan fingerprint density at radius 1 is 1.42 bits per heavy atom. The third-order valence-corrected chi connectivity index (χ3v) is 2.62. The van der Waals surface area contributed by atoms with Crippen LogP contribution >= 0.6 is 0 Å². The van der Waals surface area contributed by atoms with E-state index in [1.165, 1.54) is 12.1 Å². The summed E-state index contributed by atoms with van der Waals surface area (Å²) in [6.45, 7) is 3.69. The van der Waals surface area contributed by atoms with Gasteiger partial charge < -0.3 is 10.4 Å². The number of benzene rings is 1. The van der Waals surface area contributed by atoms with E-state index < -0.39 is 5.82 Å². The number of carbonyl (C=O) groups excluding carboxylic acids is 1. The van der Waals surface area contributed by atoms with Crippen molar-refractivity contribution in [2.75, 3.05) is 5.32 Å². The number of nitrogens with one attached hydrogen (secondary N) is 1. The molecule has 0 aliphatic rings. The molecule has 2 rings (SSSR count). The Bertz CT molecular complexity index is 622. The largest absolute Gasteiger partial charge is 0.508 e. The molecule has 0 aliphatic heterocycles. The summed E-state index contributed by atoms with van der Waals surface area (Å²) in [5.74, 6) is -1.24. The molecule has 0 atom stereocenters. The van der Waals surface area contributed by atoms with Gasteiger partial charge in [-0.1, -0.05) is 0 Å². The second-order valence-electron chi connectivity index (χ2n) is 4.30. The van der Waals surface area contributed by atoms with Crippen LogP contribution in [0.2, 0.25) is 0 Å². The summed E-state index contributed by atoms with van der Waals surface area (Å²) in [5.41, 5.74) is 1.71. The molecule has 19 heavy (non-hydrogen) atoms. The second-order valence-corrected chi connectivity index (χ2v) is 4.30. The number of phenolic OH excluding ortho intramolecular Hbond substituents is 1. The number of aromatic nitrogens is 2. The quantitative estimate of drug-likeness (QED) is 0.832. The minimum Gasteiger partial charge on any atom is -0.508 e. The fraction of sp³-hybridized carbons (Fsp3) is 0.231. The van der Waals surface area contributed by atoms with Gasteiger partial charge in [0.15, 0.2) is 0 Å². The molecule has 1 aromatic carbocycles. The summed E-state index contributed by atoms with van der Waals surface area (Å²) in [5, 5.41) is 15.7. The molecule has 1 aromatic heterocycles. The third kappa shape index (κ3) is 3.09. The number of aromatic hydroxyl groups is 1. The molecule has 5 nitrogen and oxygen atoms in total. The number of amides is 1. The van der Waals surface area contributed by atoms with Crippen molar-refractivity contribution in [1.82, 2.24) is 9.78 Å². The minimum atomic E-state index is -0.679. The molecule has 0 spiro atoms. The molecule has 0 unspecified atom stereocenters. The SMILES string of the molecule is Cc1cc(C)n(CC(=O)Nc2ccc(O)cc2F)n1. The Labute approximate surface area is 109 Å². The number of halogens is 1. The number of rotatable bonds is 3. The van der Waals surface area contributed by atoms with E-state index in [1.54, 1.807) is 4.68 Å². The first-order chi connectivity index (χ1) is 8.95. The van der Waals surface area contributed by atoms with Gasteiger partial charge in [0.1, 0.15) is 18.1 Å². The normalized spacial score (nSPS) is 10.5. The van der Waals surface area contributed by atoms with Crippen LogP contribution in [0.4, 0.5) is 10.1 Å². The van der Waals surface area contributed by atoms with E-state index in [9.17, 15) is 9.18 Å². The number of anilines is 1. The van der Waals surface area contributed by atoms with Crippen LogP contribution in [0.15, 0.2) is 24.3 Å². The zero-order chi connectivity index (χ0) is 14.0. The Morgan fingerprint density at radius 2 is 2.16 bits per heavy atom. The van der Waals surface area contributed by atoms with Crippen LogP contribution in [0.25, 0.3) is 0 Å². The highest BCUT2D eigenvalue weighted by Crippen LogP contribution is 2.19. The fourth-order valence-electron chi connectivity index (χ4n) is 1.77. The first-order valence-corrected chi connectivity index (χ1v) is 5.75. The van der Waals surface area contributed by atoms with Crippen LogP contribution in [0.3, 0.4) is 0 Å². The van der Waals surface area contributed by atoms with Gasteiger partial charge in [-0.3, -0.25) is 9.48 Å². The zero-order valence-electron chi connectivity index (χ0n) is 10.6. The van der Waals surface area contributed by atoms with Crippen molar-refractivity contribution in [1.29, 1.82) is 0 Å². The van der Waals surface area contributed by atoms with E-state index in [2.05, 4.69) is 10.4 Å². The molecule has 0 saturated heterocycles. The highest BCUT2D eigenvalue weighted by Gasteiger charge is 2.10. The first-order valence-electron chi connectivity index (χ1n) is 5.75. The number of hydrogen-bond donors (Lipinski definition) is 2. The number of hydrogen-bond acceptors (Lipinski definition) is 3. The van der Waals surface area contributed by atoms with E-state index in [0.29, 0.717) is 0 Å². The van der Waals surface area contributed by atoms with Crippen LogP contribution in [-0.4, -0.2) is 20.8 Å². The predicted molar refractivity (Wildman–Crippen MR) is 68.4 cm³/mol. The maximum atomic E-state index is 13.4. The van der Waals surface area contributed by atoms with Crippen molar-refractivity contribution in [2.24, 2.45) is 0 Å². The molecule has 2 aromatic rings. The Kier molecular flexibility index (Phi) is 3.50. The molecular weight excluding hydrogens is 249 g/mol. The second kappa shape index (κ2) is 5.09. The van der Waals surface area contributed by atoms with E-state index in [-0.39, 0.29) is 23.9 Å². The zero-order valence-corrected chi connectivity index (χ0v) is 10.6. The van der Waals surface area contributed by atoms with Crippen LogP contribution in [-0.2, 0) is 11.3 Å². The number of nitrogens with zero attached hydrogens (tertiary/aromatic N) is 2. The monoisotopic (exact) mass is 263 g/mol. The maximum Gasteiger partial charge on any atom is 0.246 e. The highest BCUT2D eigenvalue weighted by molar-refractivity contribution is 5.90. The molecular formula is C13H14FN3O2. The molecule has 0 radical (unpaired) electrons. The smallest absolute Gasteiger partial charge is 0.246 e. The topological polar surface area (TPSA) is 67.2 Å². The van der Waals surface area contributed by atoms with E-state index in [0.717, 1.165) is 17.5 Å². The van der Waals surface area contributed by atoms with E-state index in [4.69, 9.17) is 5.11 Å². The van der Waals surface area contributed by atoms with Crippen LogP contribution in [0, 0.1) is 19.7 Å². The standard InChI is InChI=1S/C13H14FN3O2/c1-8-5-9(2)17(16-8)7-13(19)15-12-4-3-10(18)6-11(12)14/h3-6,18H,7H2,1-2H3,(H,15,19). The summed E-state index contributed by atoms with van der Waals surface area (Å²) < 4.78 is 15.0. The van der Waals surface area contributed by atoms with E-state index >= 15 is 0 Å². The summed E-state index contributed by atoms with van der Waals surface area (Å²) in [6.07, 6.45) is 0. The number of phenols is 1. The van der Waals surface area contributed by atoms with Crippen LogP contribution in [0.5, 0.6) is 5.75 Å². The molecule has 1 amide bonds. The van der Waals surface area contributed by atoms with Gasteiger partial charge in [0.25, 0.3) is 0 Å². The van der Waals surface area contributed by atoms with Gasteiger partial charge in [0.05, 0.1) is 11.4 Å². The van der Waals surface area contributed by atoms with Crippen molar-refractivity contribution in [3.8, 4) is 5.75 Å². The van der Waals surface area contributed by atoms with Crippen molar-refractivity contribution in [3.05, 3.63) is 41.5 Å². The Hall–Kier alpha value is -2.37. The molecule has 0 fully saturated rings. The first kappa shape index (κ1) is 13.1. The molecule has 0 aliphatic carbocycles. The minimum absolute atomic E-state index is 0.0139. The average molecular weight is 263 g/mol. The van der Waals surface area contributed by atoms with Crippen molar-refractivity contribution < 1.29 is 14.3 Å². The molecule has 1 heterocycles. The summed E-state index contributed by atoms with van der Waals surface area (Å²) in [4.78, 5) is 11.8. The molecule has 100 valence electrons. The molecule has 0 bridgehead atoms. The van der Waals surface area contributed by atoms with Crippen molar-refractivity contribution >= 4 is 11.6 Å². The van der Waals surface area contributed by atoms with Gasteiger partial charge in [0, 0.05) is 11.8 Å². The van der Waals surface area contributed by atoms with Gasteiger partial charge in [-0.15, -0.1) is 0 Å². The Balaban J connectivity index is 2.07. The lowest BCUT2D eigenvalue weighted by atomic mass is 10.3. The predicted octanol–water partition coefficient (Wildman–Crippen LogP) is 1.98. The van der Waals surface area contributed by atoms with E-state index in [1.807, 2.05) is 19.9 Å². The summed E-state index contributed by atoms with van der Waals surface area (Å²) >= 11 is 0. The van der Waals surface area contributed by atoms with Gasteiger partial charge in [0.2, 0.25) is 5.91 Å². The fourth-order valence-corrected chi connectivity index (χ4v) is 1.77. The van der Waals surface area contributed by atoms with Gasteiger partial charge in [-0.25, -0.2) is 4.39 Å². The number of aryl methyl sites for hydroxylation is 2. The molecule has 0 saturated carbocycles. The summed E-state index contributed by atoms with van der Waals surface area (Å²) in [6, 6.07) is 5.42. The highest BCUT2D eigenvalue weighted by atomic mass is 19.1. The number of carbonyl (C=O) groups is 1. The van der Waals surface area contributed by atoms with Crippen molar-refractivity contribution in [3.63, 3.8) is 0 Å². The van der Waals surface area contributed by atoms with Crippen LogP contribution < -0.4 is 5.32 Å². The van der Waals surface area contributed by atoms with Gasteiger partial charge in [-0.2, -0.15) is 5.10 Å². The lowest BCUT2D eigenvalue weighted by molar-refractivity contribution is -0.117. The van der Waals surface area contributed by atoms with Gasteiger partial charge >= 0.3 is 0 Å². The average Bonchev–Trinajstić information content (AvgIpc) is 2.61. The van der Waals surface area contributed by atoms with Crippen molar-refractivity contribution in [2.45, 2.75) is 20.4 Å². The Morgan fingerprint density at radius 3 is 2.74 bits per heavy atom. The molecule has 2 N–H and O–H groups in total. The molecule has 6 heteroatoms. The van der Waals surface area contributed by atoms with Crippen LogP contribution in [0.1, 0.15) is 11.4 Å². The third-order valence-electron chi connectivity index (χ3n) is 2.62. The maximum absolute atomic E-state index is 13.4.